The highest BCUT2D eigenvalue weighted by Crippen LogP contribution is 2.21. The molecule has 1 aliphatic rings. The molecule has 138 valence electrons. The smallest absolute Gasteiger partial charge is 0.119 e. The first-order valence-corrected chi connectivity index (χ1v) is 9.40. The number of benzene rings is 1. The van der Waals surface area contributed by atoms with Gasteiger partial charge in [0.25, 0.3) is 0 Å². The fraction of sp³-hybridized carbons (Fsp3) is 0.700. The first kappa shape index (κ1) is 21.3. The molecule has 0 amide bonds. The number of unbranched alkanes of at least 4 members (excludes halogenated alkanes) is 5. The zero-order chi connectivity index (χ0) is 16.3. The number of aliphatic hydroxyl groups excluding tert-OH is 1. The predicted molar refractivity (Wildman–Crippen MR) is 103 cm³/mol. The first-order valence-electron chi connectivity index (χ1n) is 9.40. The average molecular weight is 356 g/mol. The van der Waals surface area contributed by atoms with Crippen LogP contribution < -0.4 is 4.74 Å². The highest BCUT2D eigenvalue weighted by molar-refractivity contribution is 5.85. The lowest BCUT2D eigenvalue weighted by atomic mass is 10.1. The van der Waals surface area contributed by atoms with Crippen molar-refractivity contribution in [2.24, 2.45) is 0 Å². The molecule has 3 nitrogen and oxygen atoms in total. The second kappa shape index (κ2) is 12.6. The van der Waals surface area contributed by atoms with Crippen LogP contribution in [0.4, 0.5) is 0 Å². The number of rotatable bonds is 11. The highest BCUT2D eigenvalue weighted by atomic mass is 35.5. The Labute approximate surface area is 153 Å². The van der Waals surface area contributed by atoms with E-state index in [1.165, 1.54) is 44.1 Å². The fourth-order valence-electron chi connectivity index (χ4n) is 3.31. The predicted octanol–water partition coefficient (Wildman–Crippen LogP) is 4.80. The molecule has 0 spiro atoms. The summed E-state index contributed by atoms with van der Waals surface area (Å²) in [7, 11) is 0. The van der Waals surface area contributed by atoms with E-state index in [4.69, 9.17) is 4.74 Å². The van der Waals surface area contributed by atoms with Gasteiger partial charge in [-0.05, 0) is 43.5 Å². The number of nitrogens with zero attached hydrogens (tertiary/aromatic N) is 1. The van der Waals surface area contributed by atoms with Gasteiger partial charge in [-0.1, -0.05) is 51.2 Å². The van der Waals surface area contributed by atoms with Gasteiger partial charge in [0.1, 0.15) is 5.75 Å². The van der Waals surface area contributed by atoms with Gasteiger partial charge >= 0.3 is 0 Å². The van der Waals surface area contributed by atoms with E-state index in [9.17, 15) is 5.11 Å². The van der Waals surface area contributed by atoms with E-state index in [-0.39, 0.29) is 19.0 Å². The molecule has 1 aromatic carbocycles. The third-order valence-electron chi connectivity index (χ3n) is 4.79. The SMILES string of the molecule is CCCCCCCCOc1ccc(CN2CCC[C@@H]2CO)cc1.Cl. The van der Waals surface area contributed by atoms with Gasteiger partial charge in [-0.15, -0.1) is 12.4 Å². The molecule has 1 saturated heterocycles. The van der Waals surface area contributed by atoms with Crippen LogP contribution in [-0.4, -0.2) is 35.8 Å². The van der Waals surface area contributed by atoms with E-state index in [1.807, 2.05) is 0 Å². The summed E-state index contributed by atoms with van der Waals surface area (Å²) in [5.74, 6) is 0.974. The Morgan fingerprint density at radius 2 is 1.79 bits per heavy atom. The molecule has 0 saturated carbocycles. The summed E-state index contributed by atoms with van der Waals surface area (Å²) >= 11 is 0. The number of likely N-dealkylation sites (tertiary alicyclic amines) is 1. The molecule has 1 fully saturated rings. The largest absolute Gasteiger partial charge is 0.494 e. The van der Waals surface area contributed by atoms with Crippen molar-refractivity contribution in [2.45, 2.75) is 70.9 Å². The summed E-state index contributed by atoms with van der Waals surface area (Å²) in [4.78, 5) is 2.38. The minimum Gasteiger partial charge on any atom is -0.494 e. The molecule has 1 atom stereocenters. The number of aliphatic hydroxyl groups is 1. The molecule has 2 rings (SSSR count). The lowest BCUT2D eigenvalue weighted by Crippen LogP contribution is -2.31. The van der Waals surface area contributed by atoms with E-state index in [2.05, 4.69) is 36.1 Å². The van der Waals surface area contributed by atoms with Crippen molar-refractivity contribution in [1.82, 2.24) is 4.90 Å². The zero-order valence-corrected chi connectivity index (χ0v) is 15.9. The second-order valence-electron chi connectivity index (χ2n) is 6.71. The molecular weight excluding hydrogens is 322 g/mol. The first-order chi connectivity index (χ1) is 11.3. The van der Waals surface area contributed by atoms with Gasteiger partial charge in [0, 0.05) is 12.6 Å². The van der Waals surface area contributed by atoms with Crippen LogP contribution in [-0.2, 0) is 6.54 Å². The standard InChI is InChI=1S/C20H33NO2.ClH/c1-2-3-4-5-6-7-15-23-20-12-10-18(11-13-20)16-21-14-8-9-19(21)17-22;/h10-13,19,22H,2-9,14-17H2,1H3;1H/t19-;/m1./s1. The van der Waals surface area contributed by atoms with Gasteiger partial charge in [0.2, 0.25) is 0 Å². The van der Waals surface area contributed by atoms with Gasteiger partial charge in [-0.2, -0.15) is 0 Å². The van der Waals surface area contributed by atoms with Crippen molar-refractivity contribution < 1.29 is 9.84 Å². The molecule has 1 aliphatic heterocycles. The van der Waals surface area contributed by atoms with Crippen molar-refractivity contribution in [2.75, 3.05) is 19.8 Å². The minimum atomic E-state index is 0. The molecule has 0 aromatic heterocycles. The zero-order valence-electron chi connectivity index (χ0n) is 15.1. The Morgan fingerprint density at radius 3 is 2.50 bits per heavy atom. The van der Waals surface area contributed by atoms with E-state index in [0.717, 1.165) is 38.3 Å². The molecule has 0 bridgehead atoms. The van der Waals surface area contributed by atoms with Crippen molar-refractivity contribution in [3.05, 3.63) is 29.8 Å². The molecule has 1 aromatic rings. The third-order valence-corrected chi connectivity index (χ3v) is 4.79. The molecule has 4 heteroatoms. The van der Waals surface area contributed by atoms with Gasteiger partial charge < -0.3 is 9.84 Å². The molecular formula is C20H34ClNO2. The summed E-state index contributed by atoms with van der Waals surface area (Å²) in [5, 5.41) is 9.39. The normalized spacial score (nSPS) is 17.7. The maximum Gasteiger partial charge on any atom is 0.119 e. The van der Waals surface area contributed by atoms with E-state index in [1.54, 1.807) is 0 Å². The fourth-order valence-corrected chi connectivity index (χ4v) is 3.31. The van der Waals surface area contributed by atoms with Crippen LogP contribution in [0.25, 0.3) is 0 Å². The lowest BCUT2D eigenvalue weighted by Gasteiger charge is -2.22. The van der Waals surface area contributed by atoms with Gasteiger partial charge in [-0.3, -0.25) is 4.90 Å². The van der Waals surface area contributed by atoms with Crippen LogP contribution in [0.1, 0.15) is 63.9 Å². The highest BCUT2D eigenvalue weighted by Gasteiger charge is 2.23. The maximum absolute atomic E-state index is 9.39. The summed E-state index contributed by atoms with van der Waals surface area (Å²) < 4.78 is 5.83. The average Bonchev–Trinajstić information content (AvgIpc) is 3.02. The van der Waals surface area contributed by atoms with Crippen molar-refractivity contribution in [1.29, 1.82) is 0 Å². The third kappa shape index (κ3) is 7.42. The second-order valence-corrected chi connectivity index (χ2v) is 6.71. The summed E-state index contributed by atoms with van der Waals surface area (Å²) in [6, 6.07) is 8.82. The van der Waals surface area contributed by atoms with Crippen LogP contribution >= 0.6 is 12.4 Å². The van der Waals surface area contributed by atoms with Crippen LogP contribution in [0.5, 0.6) is 5.75 Å². The topological polar surface area (TPSA) is 32.7 Å². The van der Waals surface area contributed by atoms with Gasteiger partial charge in [0.15, 0.2) is 0 Å². The van der Waals surface area contributed by atoms with Crippen molar-refractivity contribution >= 4 is 12.4 Å². The summed E-state index contributed by atoms with van der Waals surface area (Å²) in [6.45, 7) is 5.38. The van der Waals surface area contributed by atoms with Crippen molar-refractivity contribution in [3.63, 3.8) is 0 Å². The Balaban J connectivity index is 0.00000288. The Hall–Kier alpha value is -0.770. The summed E-state index contributed by atoms with van der Waals surface area (Å²) in [5.41, 5.74) is 1.30. The lowest BCUT2D eigenvalue weighted by molar-refractivity contribution is 0.153. The van der Waals surface area contributed by atoms with E-state index < -0.39 is 0 Å². The number of ether oxygens (including phenoxy) is 1. The van der Waals surface area contributed by atoms with Gasteiger partial charge in [0.05, 0.1) is 13.2 Å². The number of hydrogen-bond acceptors (Lipinski definition) is 3. The monoisotopic (exact) mass is 355 g/mol. The molecule has 1 heterocycles. The maximum atomic E-state index is 9.39. The minimum absolute atomic E-state index is 0. The van der Waals surface area contributed by atoms with E-state index >= 15 is 0 Å². The molecule has 0 unspecified atom stereocenters. The quantitative estimate of drug-likeness (QED) is 0.578. The molecule has 1 N–H and O–H groups in total. The molecule has 0 radical (unpaired) electrons. The van der Waals surface area contributed by atoms with Crippen LogP contribution in [0.2, 0.25) is 0 Å². The Bertz CT molecular complexity index is 424. The Morgan fingerprint density at radius 1 is 1.08 bits per heavy atom. The van der Waals surface area contributed by atoms with Crippen LogP contribution in [0.15, 0.2) is 24.3 Å². The number of hydrogen-bond donors (Lipinski definition) is 1. The van der Waals surface area contributed by atoms with Crippen molar-refractivity contribution in [3.8, 4) is 5.75 Å². The molecule has 0 aliphatic carbocycles. The van der Waals surface area contributed by atoms with E-state index in [0.29, 0.717) is 6.04 Å². The molecule has 24 heavy (non-hydrogen) atoms. The van der Waals surface area contributed by atoms with Gasteiger partial charge in [-0.25, -0.2) is 0 Å². The number of halogens is 1. The van der Waals surface area contributed by atoms with Crippen LogP contribution in [0, 0.1) is 0 Å². The van der Waals surface area contributed by atoms with Crippen LogP contribution in [0.3, 0.4) is 0 Å². The summed E-state index contributed by atoms with van der Waals surface area (Å²) in [6.07, 6.45) is 10.1. The Kier molecular flexibility index (Phi) is 11.1.